The third-order valence-electron chi connectivity index (χ3n) is 2.91. The summed E-state index contributed by atoms with van der Waals surface area (Å²) in [6.07, 6.45) is -0.787. The maximum Gasteiger partial charge on any atom is 0.416 e. The van der Waals surface area contributed by atoms with Gasteiger partial charge in [-0.25, -0.2) is 0 Å². The lowest BCUT2D eigenvalue weighted by molar-refractivity contribution is -0.137. The quantitative estimate of drug-likeness (QED) is 0.894. The van der Waals surface area contributed by atoms with Gasteiger partial charge < -0.3 is 5.32 Å². The van der Waals surface area contributed by atoms with Crippen molar-refractivity contribution in [2.45, 2.75) is 25.7 Å². The number of alkyl halides is 3. The molecule has 102 valence electrons. The molecule has 0 radical (unpaired) electrons. The van der Waals surface area contributed by atoms with Crippen LogP contribution in [0.15, 0.2) is 36.7 Å². The fourth-order valence-corrected chi connectivity index (χ4v) is 1.70. The largest absolute Gasteiger partial charge is 0.416 e. The molecule has 0 spiro atoms. The molecular weight excluding hydrogens is 255 g/mol. The maximum absolute atomic E-state index is 12.4. The van der Waals surface area contributed by atoms with Crippen molar-refractivity contribution in [3.8, 4) is 0 Å². The fraction of sp³-hybridized carbons (Fsp3) is 0.308. The van der Waals surface area contributed by atoms with E-state index in [4.69, 9.17) is 0 Å². The molecule has 1 heterocycles. The van der Waals surface area contributed by atoms with Gasteiger partial charge >= 0.3 is 6.18 Å². The highest BCUT2D eigenvalue weighted by molar-refractivity contribution is 5.24. The van der Waals surface area contributed by atoms with Gasteiger partial charge in [-0.3, -0.25) is 5.10 Å². The molecular formula is C13H14F3N3. The van der Waals surface area contributed by atoms with Gasteiger partial charge in [-0.1, -0.05) is 12.1 Å². The van der Waals surface area contributed by atoms with Crippen LogP contribution in [0.25, 0.3) is 0 Å². The van der Waals surface area contributed by atoms with Crippen LogP contribution in [0, 0.1) is 0 Å². The minimum Gasteiger partial charge on any atom is -0.306 e. The maximum atomic E-state index is 12.4. The average Bonchev–Trinajstić information content (AvgIpc) is 2.89. The molecule has 0 saturated heterocycles. The lowest BCUT2D eigenvalue weighted by atomic mass is 10.1. The van der Waals surface area contributed by atoms with Crippen molar-refractivity contribution in [3.05, 3.63) is 53.3 Å². The Hall–Kier alpha value is -1.82. The Morgan fingerprint density at radius 2 is 1.95 bits per heavy atom. The normalized spacial score (nSPS) is 13.5. The monoisotopic (exact) mass is 269 g/mol. The van der Waals surface area contributed by atoms with E-state index in [0.29, 0.717) is 6.54 Å². The summed E-state index contributed by atoms with van der Waals surface area (Å²) in [7, 11) is 0. The molecule has 2 aromatic rings. The SMILES string of the molecule is CC(NCc1ccc(C(F)(F)F)cc1)c1cn[nH]c1. The highest BCUT2D eigenvalue weighted by atomic mass is 19.4. The van der Waals surface area contributed by atoms with Gasteiger partial charge in [0.15, 0.2) is 0 Å². The zero-order valence-electron chi connectivity index (χ0n) is 10.3. The first-order valence-electron chi connectivity index (χ1n) is 5.85. The number of hydrogen-bond acceptors (Lipinski definition) is 2. The molecule has 2 rings (SSSR count). The zero-order valence-corrected chi connectivity index (χ0v) is 10.3. The number of nitrogens with zero attached hydrogens (tertiary/aromatic N) is 1. The fourth-order valence-electron chi connectivity index (χ4n) is 1.70. The van der Waals surface area contributed by atoms with Gasteiger partial charge in [0.05, 0.1) is 11.8 Å². The van der Waals surface area contributed by atoms with Crippen LogP contribution in [0.4, 0.5) is 13.2 Å². The number of hydrogen-bond donors (Lipinski definition) is 2. The molecule has 1 aromatic carbocycles. The van der Waals surface area contributed by atoms with Gasteiger partial charge in [-0.15, -0.1) is 0 Å². The predicted molar refractivity (Wildman–Crippen MR) is 65.3 cm³/mol. The summed E-state index contributed by atoms with van der Waals surface area (Å²) in [5, 5.41) is 9.78. The molecule has 0 aliphatic rings. The van der Waals surface area contributed by atoms with Crippen molar-refractivity contribution in [2.75, 3.05) is 0 Å². The van der Waals surface area contributed by atoms with E-state index in [0.717, 1.165) is 23.3 Å². The van der Waals surface area contributed by atoms with Crippen LogP contribution in [0.5, 0.6) is 0 Å². The van der Waals surface area contributed by atoms with Crippen molar-refractivity contribution >= 4 is 0 Å². The van der Waals surface area contributed by atoms with Crippen LogP contribution in [-0.2, 0) is 12.7 Å². The van der Waals surface area contributed by atoms with E-state index in [1.165, 1.54) is 12.1 Å². The van der Waals surface area contributed by atoms with Crippen LogP contribution in [0.2, 0.25) is 0 Å². The molecule has 1 unspecified atom stereocenters. The Morgan fingerprint density at radius 3 is 2.47 bits per heavy atom. The van der Waals surface area contributed by atoms with E-state index < -0.39 is 11.7 Å². The van der Waals surface area contributed by atoms with Gasteiger partial charge in [0.2, 0.25) is 0 Å². The van der Waals surface area contributed by atoms with Gasteiger partial charge in [0.25, 0.3) is 0 Å². The van der Waals surface area contributed by atoms with E-state index >= 15 is 0 Å². The Kier molecular flexibility index (Phi) is 3.90. The first kappa shape index (κ1) is 13.6. The molecule has 0 aliphatic carbocycles. The summed E-state index contributed by atoms with van der Waals surface area (Å²) in [6, 6.07) is 5.25. The van der Waals surface area contributed by atoms with Gasteiger partial charge in [-0.05, 0) is 24.6 Å². The third kappa shape index (κ3) is 3.57. The van der Waals surface area contributed by atoms with Crippen LogP contribution in [0.3, 0.4) is 0 Å². The predicted octanol–water partition coefficient (Wildman–Crippen LogP) is 3.28. The molecule has 0 amide bonds. The summed E-state index contributed by atoms with van der Waals surface area (Å²) in [5.74, 6) is 0. The van der Waals surface area contributed by atoms with Crippen molar-refractivity contribution in [3.63, 3.8) is 0 Å². The summed E-state index contributed by atoms with van der Waals surface area (Å²) >= 11 is 0. The second kappa shape index (κ2) is 5.44. The number of nitrogens with one attached hydrogen (secondary N) is 2. The van der Waals surface area contributed by atoms with Crippen molar-refractivity contribution in [1.29, 1.82) is 0 Å². The summed E-state index contributed by atoms with van der Waals surface area (Å²) in [5.41, 5.74) is 1.19. The van der Waals surface area contributed by atoms with Crippen molar-refractivity contribution in [1.82, 2.24) is 15.5 Å². The standard InChI is InChI=1S/C13H14F3N3/c1-9(11-7-18-19-8-11)17-6-10-2-4-12(5-3-10)13(14,15)16/h2-5,7-9,17H,6H2,1H3,(H,18,19). The van der Waals surface area contributed by atoms with Crippen LogP contribution in [0.1, 0.15) is 29.7 Å². The number of halogens is 3. The Bertz CT molecular complexity index is 503. The summed E-state index contributed by atoms with van der Waals surface area (Å²) in [6.45, 7) is 2.47. The highest BCUT2D eigenvalue weighted by Crippen LogP contribution is 2.29. The molecule has 0 saturated carbocycles. The lowest BCUT2D eigenvalue weighted by Gasteiger charge is -2.12. The minimum atomic E-state index is -4.28. The van der Waals surface area contributed by atoms with E-state index in [1.807, 2.05) is 6.92 Å². The molecule has 6 heteroatoms. The number of rotatable bonds is 4. The van der Waals surface area contributed by atoms with E-state index in [-0.39, 0.29) is 6.04 Å². The molecule has 2 N–H and O–H groups in total. The molecule has 19 heavy (non-hydrogen) atoms. The number of aromatic nitrogens is 2. The number of benzene rings is 1. The molecule has 3 nitrogen and oxygen atoms in total. The van der Waals surface area contributed by atoms with Gasteiger partial charge in [0, 0.05) is 24.3 Å². The minimum absolute atomic E-state index is 0.0843. The molecule has 0 bridgehead atoms. The molecule has 0 aliphatic heterocycles. The van der Waals surface area contributed by atoms with Crippen molar-refractivity contribution in [2.24, 2.45) is 0 Å². The van der Waals surface area contributed by atoms with Gasteiger partial charge in [0.1, 0.15) is 0 Å². The van der Waals surface area contributed by atoms with E-state index in [1.54, 1.807) is 12.4 Å². The third-order valence-corrected chi connectivity index (χ3v) is 2.91. The lowest BCUT2D eigenvalue weighted by Crippen LogP contribution is -2.17. The number of H-pyrrole nitrogens is 1. The molecule has 1 aromatic heterocycles. The Morgan fingerprint density at radius 1 is 1.26 bits per heavy atom. The highest BCUT2D eigenvalue weighted by Gasteiger charge is 2.29. The average molecular weight is 269 g/mol. The first-order valence-corrected chi connectivity index (χ1v) is 5.85. The smallest absolute Gasteiger partial charge is 0.306 e. The summed E-state index contributed by atoms with van der Waals surface area (Å²) < 4.78 is 37.2. The van der Waals surface area contributed by atoms with Gasteiger partial charge in [-0.2, -0.15) is 18.3 Å². The topological polar surface area (TPSA) is 40.7 Å². The Labute approximate surface area is 108 Å². The van der Waals surface area contributed by atoms with Crippen molar-refractivity contribution < 1.29 is 13.2 Å². The first-order chi connectivity index (χ1) is 8.97. The molecule has 0 fully saturated rings. The van der Waals surface area contributed by atoms with Crippen LogP contribution < -0.4 is 5.32 Å². The zero-order chi connectivity index (χ0) is 13.9. The van der Waals surface area contributed by atoms with Crippen LogP contribution in [-0.4, -0.2) is 10.2 Å². The van der Waals surface area contributed by atoms with Crippen LogP contribution >= 0.6 is 0 Å². The van der Waals surface area contributed by atoms with E-state index in [9.17, 15) is 13.2 Å². The second-order valence-corrected chi connectivity index (χ2v) is 4.33. The Balaban J connectivity index is 1.93. The van der Waals surface area contributed by atoms with E-state index in [2.05, 4.69) is 15.5 Å². The summed E-state index contributed by atoms with van der Waals surface area (Å²) in [4.78, 5) is 0. The number of aromatic amines is 1. The molecule has 1 atom stereocenters. The second-order valence-electron chi connectivity index (χ2n) is 4.33.